The van der Waals surface area contributed by atoms with Gasteiger partial charge in [-0.15, -0.1) is 23.7 Å². The second-order valence-corrected chi connectivity index (χ2v) is 6.40. The van der Waals surface area contributed by atoms with E-state index < -0.39 is 0 Å². The zero-order valence-corrected chi connectivity index (χ0v) is 15.1. The summed E-state index contributed by atoms with van der Waals surface area (Å²) in [6.45, 7) is 4.67. The maximum absolute atomic E-state index is 12.3. The van der Waals surface area contributed by atoms with Gasteiger partial charge in [0.25, 0.3) is 5.56 Å². The molecule has 0 atom stereocenters. The Morgan fingerprint density at radius 3 is 2.71 bits per heavy atom. The predicted molar refractivity (Wildman–Crippen MR) is 101 cm³/mol. The van der Waals surface area contributed by atoms with Crippen molar-refractivity contribution < 1.29 is 0 Å². The number of aryl methyl sites for hydroxylation is 1. The Labute approximate surface area is 151 Å². The lowest BCUT2D eigenvalue weighted by atomic mass is 10.2. The number of hydrogen-bond donors (Lipinski definition) is 1. The van der Waals surface area contributed by atoms with Crippen LogP contribution in [0.3, 0.4) is 0 Å². The minimum Gasteiger partial charge on any atom is -0.329 e. The second-order valence-electron chi connectivity index (χ2n) is 5.57. The first-order chi connectivity index (χ1) is 11.2. The molecule has 0 amide bonds. The minimum absolute atomic E-state index is 0. The smallest absolute Gasteiger partial charge is 0.259 e. The average molecular weight is 365 g/mol. The topological polar surface area (TPSA) is 63.6 Å². The molecule has 0 saturated heterocycles. The van der Waals surface area contributed by atoms with Crippen LogP contribution in [0.2, 0.25) is 0 Å². The lowest BCUT2D eigenvalue weighted by Gasteiger charge is -2.21. The zero-order chi connectivity index (χ0) is 16.2. The van der Waals surface area contributed by atoms with Crippen LogP contribution in [0.15, 0.2) is 46.6 Å². The molecule has 0 spiro atoms. The first kappa shape index (κ1) is 18.6. The van der Waals surface area contributed by atoms with Gasteiger partial charge in [-0.05, 0) is 12.5 Å². The Morgan fingerprint density at radius 2 is 2.00 bits per heavy atom. The Hall–Kier alpha value is -1.73. The molecule has 0 bridgehead atoms. The number of nitrogens with two attached hydrogens (primary N) is 1. The van der Waals surface area contributed by atoms with Gasteiger partial charge >= 0.3 is 0 Å². The fourth-order valence-corrected chi connectivity index (χ4v) is 3.54. The van der Waals surface area contributed by atoms with E-state index in [9.17, 15) is 4.79 Å². The van der Waals surface area contributed by atoms with E-state index in [1.165, 1.54) is 16.9 Å². The standard InChI is InChI=1S/C17H20N4OS.ClH/c1-13-12-23-17-19-15(9-16(22)21(13)17)11-20(8-7-18)10-14-5-3-2-4-6-14;/h2-6,9,12H,7-8,10-11,18H2,1H3;1H. The molecule has 0 radical (unpaired) electrons. The van der Waals surface area contributed by atoms with Crippen molar-refractivity contribution in [3.63, 3.8) is 0 Å². The molecule has 0 unspecified atom stereocenters. The predicted octanol–water partition coefficient (Wildman–Crippen LogP) is 2.45. The highest BCUT2D eigenvalue weighted by Crippen LogP contribution is 2.13. The maximum atomic E-state index is 12.3. The number of benzene rings is 1. The van der Waals surface area contributed by atoms with Crippen LogP contribution >= 0.6 is 23.7 Å². The van der Waals surface area contributed by atoms with E-state index in [-0.39, 0.29) is 18.0 Å². The fourth-order valence-electron chi connectivity index (χ4n) is 2.65. The van der Waals surface area contributed by atoms with Crippen LogP contribution < -0.4 is 11.3 Å². The van der Waals surface area contributed by atoms with Crippen molar-refractivity contribution in [3.05, 3.63) is 69.1 Å². The molecule has 5 nitrogen and oxygen atoms in total. The number of nitrogens with zero attached hydrogens (tertiary/aromatic N) is 3. The van der Waals surface area contributed by atoms with Crippen molar-refractivity contribution in [1.82, 2.24) is 14.3 Å². The van der Waals surface area contributed by atoms with Crippen LogP contribution in [-0.4, -0.2) is 27.4 Å². The van der Waals surface area contributed by atoms with Crippen LogP contribution in [0, 0.1) is 6.92 Å². The van der Waals surface area contributed by atoms with Gasteiger partial charge in [0.15, 0.2) is 4.96 Å². The summed E-state index contributed by atoms with van der Waals surface area (Å²) >= 11 is 1.50. The highest BCUT2D eigenvalue weighted by molar-refractivity contribution is 7.15. The van der Waals surface area contributed by atoms with Crippen LogP contribution in [0.5, 0.6) is 0 Å². The highest BCUT2D eigenvalue weighted by atomic mass is 35.5. The summed E-state index contributed by atoms with van der Waals surface area (Å²) in [5.41, 5.74) is 8.67. The fraction of sp³-hybridized carbons (Fsp3) is 0.294. The Balaban J connectivity index is 0.00000208. The van der Waals surface area contributed by atoms with Gasteiger partial charge in [0.1, 0.15) is 0 Å². The zero-order valence-electron chi connectivity index (χ0n) is 13.5. The SMILES string of the molecule is Cc1csc2nc(CN(CCN)Cc3ccccc3)cc(=O)n12.Cl. The maximum Gasteiger partial charge on any atom is 0.259 e. The van der Waals surface area contributed by atoms with Crippen molar-refractivity contribution in [2.75, 3.05) is 13.1 Å². The van der Waals surface area contributed by atoms with Crippen LogP contribution in [-0.2, 0) is 13.1 Å². The van der Waals surface area contributed by atoms with E-state index in [2.05, 4.69) is 22.0 Å². The van der Waals surface area contributed by atoms with Gasteiger partial charge in [-0.1, -0.05) is 30.3 Å². The third-order valence-corrected chi connectivity index (χ3v) is 4.65. The molecule has 0 saturated carbocycles. The molecule has 128 valence electrons. The molecule has 1 aromatic carbocycles. The first-order valence-corrected chi connectivity index (χ1v) is 8.48. The molecule has 24 heavy (non-hydrogen) atoms. The van der Waals surface area contributed by atoms with Crippen molar-refractivity contribution in [1.29, 1.82) is 0 Å². The van der Waals surface area contributed by atoms with E-state index >= 15 is 0 Å². The number of hydrogen-bond acceptors (Lipinski definition) is 5. The normalized spacial score (nSPS) is 11.0. The summed E-state index contributed by atoms with van der Waals surface area (Å²) in [6, 6.07) is 11.9. The summed E-state index contributed by atoms with van der Waals surface area (Å²) in [5.74, 6) is 0. The third-order valence-electron chi connectivity index (χ3n) is 3.71. The van der Waals surface area contributed by atoms with Crippen LogP contribution in [0.1, 0.15) is 17.0 Å². The molecular formula is C17H21ClN4OS. The van der Waals surface area contributed by atoms with Crippen LogP contribution in [0.4, 0.5) is 0 Å². The summed E-state index contributed by atoms with van der Waals surface area (Å²) < 4.78 is 1.65. The average Bonchev–Trinajstić information content (AvgIpc) is 2.90. The Kier molecular flexibility index (Phi) is 6.51. The first-order valence-electron chi connectivity index (χ1n) is 7.60. The van der Waals surface area contributed by atoms with Gasteiger partial charge in [0, 0.05) is 43.3 Å². The number of rotatable bonds is 6. The molecule has 2 N–H and O–H groups in total. The molecule has 7 heteroatoms. The minimum atomic E-state index is -0.0174. The third kappa shape index (κ3) is 4.21. The largest absolute Gasteiger partial charge is 0.329 e. The van der Waals surface area contributed by atoms with E-state index in [0.717, 1.165) is 29.4 Å². The lowest BCUT2D eigenvalue weighted by Crippen LogP contribution is -2.30. The van der Waals surface area contributed by atoms with Gasteiger partial charge in [-0.3, -0.25) is 14.1 Å². The molecule has 3 aromatic rings. The lowest BCUT2D eigenvalue weighted by molar-refractivity contribution is 0.261. The molecule has 0 aliphatic carbocycles. The molecule has 0 fully saturated rings. The highest BCUT2D eigenvalue weighted by Gasteiger charge is 2.11. The molecule has 2 aromatic heterocycles. The van der Waals surface area contributed by atoms with Gasteiger partial charge in [0.05, 0.1) is 5.69 Å². The van der Waals surface area contributed by atoms with Gasteiger partial charge in [0.2, 0.25) is 0 Å². The van der Waals surface area contributed by atoms with Crippen molar-refractivity contribution in [2.45, 2.75) is 20.0 Å². The monoisotopic (exact) mass is 364 g/mol. The number of aromatic nitrogens is 2. The van der Waals surface area contributed by atoms with Gasteiger partial charge in [-0.2, -0.15) is 0 Å². The van der Waals surface area contributed by atoms with E-state index in [0.29, 0.717) is 13.1 Å². The van der Waals surface area contributed by atoms with Crippen molar-refractivity contribution in [3.8, 4) is 0 Å². The quantitative estimate of drug-likeness (QED) is 0.729. The molecule has 2 heterocycles. The van der Waals surface area contributed by atoms with E-state index in [1.54, 1.807) is 10.5 Å². The van der Waals surface area contributed by atoms with Crippen LogP contribution in [0.25, 0.3) is 4.96 Å². The van der Waals surface area contributed by atoms with E-state index in [4.69, 9.17) is 5.73 Å². The van der Waals surface area contributed by atoms with Crippen molar-refractivity contribution in [2.24, 2.45) is 5.73 Å². The summed E-state index contributed by atoms with van der Waals surface area (Å²) in [5, 5.41) is 1.95. The number of fused-ring (bicyclic) bond motifs is 1. The molecule has 0 aliphatic heterocycles. The summed E-state index contributed by atoms with van der Waals surface area (Å²) in [6.07, 6.45) is 0. The molecular weight excluding hydrogens is 344 g/mol. The second kappa shape index (κ2) is 8.39. The number of thiazole rings is 1. The number of halogens is 1. The van der Waals surface area contributed by atoms with Crippen molar-refractivity contribution >= 4 is 28.7 Å². The van der Waals surface area contributed by atoms with E-state index in [1.807, 2.05) is 30.5 Å². The Morgan fingerprint density at radius 1 is 1.25 bits per heavy atom. The summed E-state index contributed by atoms with van der Waals surface area (Å²) in [4.78, 5) is 19.8. The van der Waals surface area contributed by atoms with Gasteiger partial charge in [-0.25, -0.2) is 4.98 Å². The Bertz CT molecular complexity index is 847. The van der Waals surface area contributed by atoms with Gasteiger partial charge < -0.3 is 5.73 Å². The molecule has 3 rings (SSSR count). The summed E-state index contributed by atoms with van der Waals surface area (Å²) in [7, 11) is 0. The molecule has 0 aliphatic rings.